The highest BCUT2D eigenvalue weighted by atomic mass is 32.2. The Morgan fingerprint density at radius 3 is 2.26 bits per heavy atom. The Kier molecular flexibility index (Phi) is 5.28. The molecule has 0 amide bonds. The fourth-order valence-electron chi connectivity index (χ4n) is 3.12. The van der Waals surface area contributed by atoms with E-state index in [9.17, 15) is 22.8 Å². The minimum absolute atomic E-state index is 0.331. The van der Waals surface area contributed by atoms with Gasteiger partial charge in [-0.3, -0.25) is 9.97 Å². The normalized spacial score (nSPS) is 13.5. The van der Waals surface area contributed by atoms with E-state index in [-0.39, 0.29) is 4.90 Å². The predicted molar refractivity (Wildman–Crippen MR) is 110 cm³/mol. The van der Waals surface area contributed by atoms with Gasteiger partial charge in [0.2, 0.25) is 0 Å². The van der Waals surface area contributed by atoms with Crippen LogP contribution in [0.1, 0.15) is 19.5 Å². The Bertz CT molecular complexity index is 1230. The van der Waals surface area contributed by atoms with Crippen LogP contribution in [0.5, 0.6) is 0 Å². The van der Waals surface area contributed by atoms with E-state index in [0.29, 0.717) is 28.1 Å². The molecule has 4 aromatic rings. The SMILES string of the molecule is CC(C)(O)c1cc(-c2ccnc3cc(-c4ccc([S@@+]([O-])C(F)(F)F)cc4)oc23)ccn1. The van der Waals surface area contributed by atoms with Gasteiger partial charge in [0.25, 0.3) is 0 Å². The molecule has 4 rings (SSSR count). The quantitative estimate of drug-likeness (QED) is 0.424. The van der Waals surface area contributed by atoms with Crippen LogP contribution in [0, 0.1) is 0 Å². The number of hydrogen-bond donors (Lipinski definition) is 1. The Balaban J connectivity index is 1.74. The number of benzene rings is 1. The minimum atomic E-state index is -4.81. The molecule has 0 aliphatic heterocycles. The fourth-order valence-corrected chi connectivity index (χ4v) is 3.77. The average molecular weight is 446 g/mol. The Morgan fingerprint density at radius 2 is 1.61 bits per heavy atom. The Morgan fingerprint density at radius 1 is 0.935 bits per heavy atom. The summed E-state index contributed by atoms with van der Waals surface area (Å²) in [6.07, 6.45) is 3.22. The highest BCUT2D eigenvalue weighted by Gasteiger charge is 2.46. The van der Waals surface area contributed by atoms with Crippen LogP contribution in [0.4, 0.5) is 13.2 Å². The molecule has 160 valence electrons. The third kappa shape index (κ3) is 4.30. The van der Waals surface area contributed by atoms with Crippen molar-refractivity contribution < 1.29 is 27.2 Å². The van der Waals surface area contributed by atoms with E-state index in [1.165, 1.54) is 24.3 Å². The number of nitrogens with zero attached hydrogens (tertiary/aromatic N) is 2. The number of aliphatic hydroxyl groups is 1. The first-order valence-electron chi connectivity index (χ1n) is 9.21. The molecule has 9 heteroatoms. The molecule has 3 heterocycles. The second kappa shape index (κ2) is 7.67. The second-order valence-electron chi connectivity index (χ2n) is 7.41. The van der Waals surface area contributed by atoms with Crippen molar-refractivity contribution in [3.05, 3.63) is 66.6 Å². The van der Waals surface area contributed by atoms with Gasteiger partial charge in [-0.1, -0.05) is 0 Å². The maximum Gasteiger partial charge on any atom is 0.578 e. The molecule has 0 spiro atoms. The zero-order chi connectivity index (χ0) is 22.4. The average Bonchev–Trinajstić information content (AvgIpc) is 3.16. The number of furan rings is 1. The van der Waals surface area contributed by atoms with Crippen LogP contribution in [0.2, 0.25) is 0 Å². The van der Waals surface area contributed by atoms with Gasteiger partial charge >= 0.3 is 5.51 Å². The lowest BCUT2D eigenvalue weighted by atomic mass is 10.00. The van der Waals surface area contributed by atoms with Crippen LogP contribution in [0.3, 0.4) is 0 Å². The maximum absolute atomic E-state index is 12.7. The van der Waals surface area contributed by atoms with Crippen LogP contribution < -0.4 is 0 Å². The summed E-state index contributed by atoms with van der Waals surface area (Å²) in [6, 6.07) is 12.2. The lowest BCUT2D eigenvalue weighted by Gasteiger charge is -2.17. The topological polar surface area (TPSA) is 82.2 Å². The second-order valence-corrected chi connectivity index (χ2v) is 8.88. The molecule has 5 nitrogen and oxygen atoms in total. The van der Waals surface area contributed by atoms with Crippen molar-refractivity contribution in [3.8, 4) is 22.5 Å². The fraction of sp³-hybridized carbons (Fsp3) is 0.182. The van der Waals surface area contributed by atoms with Crippen LogP contribution >= 0.6 is 0 Å². The molecule has 31 heavy (non-hydrogen) atoms. The standard InChI is InChI=1S/C22H17F3N2O3S/c1-21(2,28)19-11-14(7-9-27-19)16-8-10-26-17-12-18(30-20(16)17)13-3-5-15(6-4-13)31(29)22(23,24)25/h3-12,28H,1-2H3/t31-/m1/s1. The van der Waals surface area contributed by atoms with E-state index in [0.717, 1.165) is 11.1 Å². The molecule has 0 bridgehead atoms. The number of halogens is 3. The van der Waals surface area contributed by atoms with E-state index in [4.69, 9.17) is 4.42 Å². The molecule has 1 aromatic carbocycles. The van der Waals surface area contributed by atoms with Crippen molar-refractivity contribution >= 4 is 22.3 Å². The monoisotopic (exact) mass is 446 g/mol. The van der Waals surface area contributed by atoms with Crippen molar-refractivity contribution in [1.29, 1.82) is 0 Å². The van der Waals surface area contributed by atoms with Crippen LogP contribution in [0.15, 0.2) is 70.2 Å². The Labute approximate surface area is 178 Å². The smallest absolute Gasteiger partial charge is 0.578 e. The minimum Gasteiger partial charge on any atom is -0.604 e. The van der Waals surface area contributed by atoms with Crippen molar-refractivity contribution in [2.45, 2.75) is 29.9 Å². The number of hydrogen-bond acceptors (Lipinski definition) is 5. The van der Waals surface area contributed by atoms with Gasteiger partial charge in [0, 0.05) is 29.6 Å². The summed E-state index contributed by atoms with van der Waals surface area (Å²) in [5.41, 5.74) is -2.34. The zero-order valence-electron chi connectivity index (χ0n) is 16.5. The first-order valence-corrected chi connectivity index (χ1v) is 10.4. The van der Waals surface area contributed by atoms with Crippen LogP contribution in [0.25, 0.3) is 33.6 Å². The van der Waals surface area contributed by atoms with Crippen molar-refractivity contribution in [2.75, 3.05) is 0 Å². The molecule has 1 N–H and O–H groups in total. The molecule has 0 fully saturated rings. The third-order valence-corrected chi connectivity index (χ3v) is 5.79. The van der Waals surface area contributed by atoms with E-state index in [1.54, 1.807) is 50.5 Å². The van der Waals surface area contributed by atoms with Gasteiger partial charge in [-0.15, -0.1) is 13.2 Å². The molecule has 1 atom stereocenters. The van der Waals surface area contributed by atoms with Crippen molar-refractivity contribution in [1.82, 2.24) is 9.97 Å². The lowest BCUT2D eigenvalue weighted by Crippen LogP contribution is -2.23. The molecule has 0 unspecified atom stereocenters. The maximum atomic E-state index is 12.7. The summed E-state index contributed by atoms with van der Waals surface area (Å²) in [7, 11) is 0. The molecular formula is C22H17F3N2O3S. The van der Waals surface area contributed by atoms with Crippen molar-refractivity contribution in [2.24, 2.45) is 0 Å². The zero-order valence-corrected chi connectivity index (χ0v) is 17.3. The molecule has 3 aromatic heterocycles. The summed E-state index contributed by atoms with van der Waals surface area (Å²) in [6.45, 7) is 3.28. The Hall–Kier alpha value is -2.88. The molecule has 0 aliphatic carbocycles. The summed E-state index contributed by atoms with van der Waals surface area (Å²) >= 11 is -3.09. The van der Waals surface area contributed by atoms with E-state index >= 15 is 0 Å². The number of rotatable bonds is 4. The largest absolute Gasteiger partial charge is 0.604 e. The van der Waals surface area contributed by atoms with E-state index in [2.05, 4.69) is 9.97 Å². The first-order chi connectivity index (χ1) is 14.5. The summed E-state index contributed by atoms with van der Waals surface area (Å²) in [5, 5.41) is 10.2. The van der Waals surface area contributed by atoms with Crippen molar-refractivity contribution in [3.63, 3.8) is 0 Å². The van der Waals surface area contributed by atoms with E-state index < -0.39 is 22.3 Å². The number of alkyl halides is 3. The number of aromatic nitrogens is 2. The van der Waals surface area contributed by atoms with Gasteiger partial charge in [-0.2, -0.15) is 0 Å². The summed E-state index contributed by atoms with van der Waals surface area (Å²) in [5.74, 6) is 0.413. The van der Waals surface area contributed by atoms with E-state index in [1.807, 2.05) is 0 Å². The first kappa shape index (κ1) is 21.4. The number of pyridine rings is 2. The predicted octanol–water partition coefficient (Wildman–Crippen LogP) is 5.41. The highest BCUT2D eigenvalue weighted by molar-refractivity contribution is 7.92. The highest BCUT2D eigenvalue weighted by Crippen LogP contribution is 2.36. The molecule has 0 saturated heterocycles. The molecule has 0 saturated carbocycles. The number of fused-ring (bicyclic) bond motifs is 1. The van der Waals surface area contributed by atoms with Crippen LogP contribution in [-0.4, -0.2) is 25.1 Å². The molecule has 0 aliphatic rings. The van der Waals surface area contributed by atoms with Gasteiger partial charge in [-0.05, 0) is 61.9 Å². The summed E-state index contributed by atoms with van der Waals surface area (Å²) < 4.78 is 55.4. The van der Waals surface area contributed by atoms with Crippen LogP contribution in [-0.2, 0) is 16.8 Å². The molecular weight excluding hydrogens is 429 g/mol. The van der Waals surface area contributed by atoms with Gasteiger partial charge in [0.15, 0.2) is 10.5 Å². The summed E-state index contributed by atoms with van der Waals surface area (Å²) in [4.78, 5) is 8.18. The van der Waals surface area contributed by atoms with Gasteiger partial charge in [-0.25, -0.2) is 0 Å². The third-order valence-electron chi connectivity index (χ3n) is 4.67. The van der Waals surface area contributed by atoms with Gasteiger partial charge in [0.1, 0.15) is 16.9 Å². The molecule has 0 radical (unpaired) electrons. The van der Waals surface area contributed by atoms with Gasteiger partial charge in [0.05, 0.1) is 16.9 Å². The lowest BCUT2D eigenvalue weighted by molar-refractivity contribution is -0.0435. The van der Waals surface area contributed by atoms with Gasteiger partial charge < -0.3 is 14.1 Å².